The van der Waals surface area contributed by atoms with Gasteiger partial charge in [0, 0.05) is 5.56 Å². The lowest BCUT2D eigenvalue weighted by atomic mass is 10.0. The van der Waals surface area contributed by atoms with Gasteiger partial charge >= 0.3 is 6.18 Å². The third-order valence-electron chi connectivity index (χ3n) is 2.47. The Bertz CT molecular complexity index is 415. The van der Waals surface area contributed by atoms with Crippen molar-refractivity contribution in [1.82, 2.24) is 0 Å². The van der Waals surface area contributed by atoms with Crippen LogP contribution in [0, 0.1) is 0 Å². The van der Waals surface area contributed by atoms with Crippen LogP contribution in [0.15, 0.2) is 18.2 Å². The molecular formula is C11H15ClF3NO3. The average molecular weight is 302 g/mol. The largest absolute Gasteiger partial charge is 0.497 e. The van der Waals surface area contributed by atoms with Crippen molar-refractivity contribution in [2.24, 2.45) is 5.73 Å². The molecule has 0 aliphatic heterocycles. The van der Waals surface area contributed by atoms with Gasteiger partial charge in [-0.25, -0.2) is 0 Å². The van der Waals surface area contributed by atoms with Gasteiger partial charge in [0.1, 0.15) is 11.5 Å². The van der Waals surface area contributed by atoms with E-state index in [-0.39, 0.29) is 23.7 Å². The average Bonchev–Trinajstić information content (AvgIpc) is 2.35. The standard InChI is InChI=1S/C11H14F3NO3.ClH/c1-17-6-3-4-8(18-2)7(5-6)9(15)10(16)11(12,13)14;/h3-5,9-10,16H,15H2,1-2H3;1H/t9-,10-;/m0./s1. The van der Waals surface area contributed by atoms with Crippen molar-refractivity contribution >= 4 is 12.4 Å². The van der Waals surface area contributed by atoms with Gasteiger partial charge in [0.2, 0.25) is 0 Å². The molecule has 0 saturated heterocycles. The van der Waals surface area contributed by atoms with Crippen molar-refractivity contribution in [2.45, 2.75) is 18.3 Å². The predicted molar refractivity (Wildman–Crippen MR) is 65.8 cm³/mol. The molecule has 0 bridgehead atoms. The first-order valence-electron chi connectivity index (χ1n) is 5.03. The Labute approximate surface area is 114 Å². The molecule has 19 heavy (non-hydrogen) atoms. The van der Waals surface area contributed by atoms with Gasteiger partial charge in [-0.2, -0.15) is 13.2 Å². The summed E-state index contributed by atoms with van der Waals surface area (Å²) in [4.78, 5) is 0. The molecule has 0 fully saturated rings. The number of ether oxygens (including phenoxy) is 2. The van der Waals surface area contributed by atoms with E-state index in [2.05, 4.69) is 0 Å². The number of alkyl halides is 3. The lowest BCUT2D eigenvalue weighted by Gasteiger charge is -2.23. The highest BCUT2D eigenvalue weighted by Crippen LogP contribution is 2.34. The fourth-order valence-electron chi connectivity index (χ4n) is 1.47. The fourth-order valence-corrected chi connectivity index (χ4v) is 1.47. The Kier molecular flexibility index (Phi) is 6.41. The number of aliphatic hydroxyl groups excluding tert-OH is 1. The molecule has 0 aromatic heterocycles. The lowest BCUT2D eigenvalue weighted by Crippen LogP contribution is -2.39. The van der Waals surface area contributed by atoms with Gasteiger partial charge in [-0.15, -0.1) is 12.4 Å². The zero-order valence-electron chi connectivity index (χ0n) is 10.3. The van der Waals surface area contributed by atoms with Crippen molar-refractivity contribution in [3.05, 3.63) is 23.8 Å². The van der Waals surface area contributed by atoms with Gasteiger partial charge in [0.15, 0.2) is 6.10 Å². The Hall–Kier alpha value is -1.18. The predicted octanol–water partition coefficient (Wildman–Crippen LogP) is 2.05. The topological polar surface area (TPSA) is 64.7 Å². The molecule has 0 spiro atoms. The van der Waals surface area contributed by atoms with Crippen LogP contribution < -0.4 is 15.2 Å². The highest BCUT2D eigenvalue weighted by Gasteiger charge is 2.43. The highest BCUT2D eigenvalue weighted by atomic mass is 35.5. The van der Waals surface area contributed by atoms with E-state index in [0.29, 0.717) is 5.75 Å². The number of hydrogen-bond acceptors (Lipinski definition) is 4. The summed E-state index contributed by atoms with van der Waals surface area (Å²) >= 11 is 0. The summed E-state index contributed by atoms with van der Waals surface area (Å²) < 4.78 is 47.0. The molecule has 0 unspecified atom stereocenters. The first-order valence-corrected chi connectivity index (χ1v) is 5.03. The molecule has 0 radical (unpaired) electrons. The monoisotopic (exact) mass is 301 g/mol. The molecule has 2 atom stereocenters. The molecule has 3 N–H and O–H groups in total. The highest BCUT2D eigenvalue weighted by molar-refractivity contribution is 5.85. The summed E-state index contributed by atoms with van der Waals surface area (Å²) in [5, 5.41) is 9.14. The maximum absolute atomic E-state index is 12.4. The summed E-state index contributed by atoms with van der Waals surface area (Å²) in [6.07, 6.45) is -7.47. The number of aliphatic hydroxyl groups is 1. The number of methoxy groups -OCH3 is 2. The van der Waals surface area contributed by atoms with Gasteiger partial charge in [0.05, 0.1) is 20.3 Å². The van der Waals surface area contributed by atoms with Crippen molar-refractivity contribution in [3.8, 4) is 11.5 Å². The smallest absolute Gasteiger partial charge is 0.416 e. The summed E-state index contributed by atoms with van der Waals surface area (Å²) in [7, 11) is 2.68. The number of nitrogens with two attached hydrogens (primary N) is 1. The van der Waals surface area contributed by atoms with Crippen LogP contribution in [0.2, 0.25) is 0 Å². The molecule has 0 aliphatic carbocycles. The number of hydrogen-bond donors (Lipinski definition) is 2. The maximum Gasteiger partial charge on any atom is 0.416 e. The van der Waals surface area contributed by atoms with Crippen LogP contribution in [0.3, 0.4) is 0 Å². The maximum atomic E-state index is 12.4. The molecule has 4 nitrogen and oxygen atoms in total. The van der Waals surface area contributed by atoms with Gasteiger partial charge in [0.25, 0.3) is 0 Å². The molecular weight excluding hydrogens is 287 g/mol. The third kappa shape index (κ3) is 4.15. The molecule has 0 saturated carbocycles. The van der Waals surface area contributed by atoms with Crippen molar-refractivity contribution < 1.29 is 27.8 Å². The van der Waals surface area contributed by atoms with Crippen LogP contribution in [0.25, 0.3) is 0 Å². The molecule has 1 rings (SSSR count). The second-order valence-corrected chi connectivity index (χ2v) is 3.62. The van der Waals surface area contributed by atoms with Crippen LogP contribution >= 0.6 is 12.4 Å². The Morgan fingerprint density at radius 2 is 1.79 bits per heavy atom. The molecule has 1 aromatic carbocycles. The van der Waals surface area contributed by atoms with Crippen molar-refractivity contribution in [1.29, 1.82) is 0 Å². The summed E-state index contributed by atoms with van der Waals surface area (Å²) in [6.45, 7) is 0. The lowest BCUT2D eigenvalue weighted by molar-refractivity contribution is -0.210. The second kappa shape index (κ2) is 6.83. The van der Waals surface area contributed by atoms with Crippen LogP contribution in [0.1, 0.15) is 11.6 Å². The minimum absolute atomic E-state index is 0. The van der Waals surface area contributed by atoms with E-state index in [4.69, 9.17) is 20.3 Å². The normalized spacial score (nSPS) is 14.3. The van der Waals surface area contributed by atoms with Gasteiger partial charge in [-0.1, -0.05) is 0 Å². The van der Waals surface area contributed by atoms with E-state index in [1.807, 2.05) is 0 Å². The molecule has 110 valence electrons. The van der Waals surface area contributed by atoms with E-state index < -0.39 is 18.3 Å². The molecule has 0 amide bonds. The van der Waals surface area contributed by atoms with Crippen molar-refractivity contribution in [2.75, 3.05) is 14.2 Å². The zero-order valence-corrected chi connectivity index (χ0v) is 11.1. The van der Waals surface area contributed by atoms with Crippen LogP contribution in [0.4, 0.5) is 13.2 Å². The zero-order chi connectivity index (χ0) is 13.9. The third-order valence-corrected chi connectivity index (χ3v) is 2.47. The molecule has 8 heteroatoms. The van der Waals surface area contributed by atoms with Gasteiger partial charge < -0.3 is 20.3 Å². The molecule has 0 heterocycles. The van der Waals surface area contributed by atoms with Crippen molar-refractivity contribution in [3.63, 3.8) is 0 Å². The van der Waals surface area contributed by atoms with E-state index in [1.54, 1.807) is 0 Å². The number of halogens is 4. The van der Waals surface area contributed by atoms with Gasteiger partial charge in [-0.05, 0) is 18.2 Å². The first kappa shape index (κ1) is 17.8. The van der Waals surface area contributed by atoms with E-state index in [1.165, 1.54) is 32.4 Å². The van der Waals surface area contributed by atoms with E-state index in [9.17, 15) is 13.2 Å². The summed E-state index contributed by atoms with van der Waals surface area (Å²) in [5.74, 6) is 0.488. The first-order chi connectivity index (χ1) is 8.31. The van der Waals surface area contributed by atoms with Crippen LogP contribution in [0.5, 0.6) is 11.5 Å². The quantitative estimate of drug-likeness (QED) is 0.893. The Morgan fingerprint density at radius 1 is 1.21 bits per heavy atom. The Balaban J connectivity index is 0.00000324. The van der Waals surface area contributed by atoms with Gasteiger partial charge in [-0.3, -0.25) is 0 Å². The van der Waals surface area contributed by atoms with E-state index in [0.717, 1.165) is 0 Å². The second-order valence-electron chi connectivity index (χ2n) is 3.62. The number of rotatable bonds is 4. The number of benzene rings is 1. The summed E-state index contributed by atoms with van der Waals surface area (Å²) in [6, 6.07) is 2.61. The minimum Gasteiger partial charge on any atom is -0.497 e. The molecule has 1 aromatic rings. The SMILES string of the molecule is COc1ccc(OC)c([C@H](N)[C@H](O)C(F)(F)F)c1.Cl. The summed E-state index contributed by atoms with van der Waals surface area (Å²) in [5.41, 5.74) is 5.45. The Morgan fingerprint density at radius 3 is 2.21 bits per heavy atom. The molecule has 0 aliphatic rings. The van der Waals surface area contributed by atoms with Crippen LogP contribution in [-0.2, 0) is 0 Å². The minimum atomic E-state index is -4.80. The fraction of sp³-hybridized carbons (Fsp3) is 0.455. The van der Waals surface area contributed by atoms with Crippen LogP contribution in [-0.4, -0.2) is 31.6 Å². The van der Waals surface area contributed by atoms with E-state index >= 15 is 0 Å².